The third kappa shape index (κ3) is 8.41. The second-order valence-corrected chi connectivity index (χ2v) is 19.1. The molecule has 6 heterocycles. The monoisotopic (exact) mass is 856 g/mol. The van der Waals surface area contributed by atoms with Crippen molar-refractivity contribution < 1.29 is 33.2 Å². The van der Waals surface area contributed by atoms with Crippen LogP contribution in [0.4, 0.5) is 5.69 Å². The third-order valence-electron chi connectivity index (χ3n) is 13.4. The predicted octanol–water partition coefficient (Wildman–Crippen LogP) is 4.75. The Bertz CT molecular complexity index is 2280. The molecule has 1 aromatic carbocycles. The number of carbonyl (C=O) groups is 3. The Hall–Kier alpha value is -4.48. The minimum Gasteiger partial charge on any atom is -0.464 e. The Morgan fingerprint density at radius 1 is 1.11 bits per heavy atom. The van der Waals surface area contributed by atoms with Crippen LogP contribution in [0.2, 0.25) is 0 Å². The molecule has 16 heteroatoms. The van der Waals surface area contributed by atoms with Gasteiger partial charge in [-0.3, -0.25) is 24.4 Å². The number of piperazine rings is 1. The topological polar surface area (TPSA) is 147 Å². The molecule has 15 nitrogen and oxygen atoms in total. The number of thiazole rings is 1. The maximum atomic E-state index is 14.5. The van der Waals surface area contributed by atoms with Crippen LogP contribution >= 0.6 is 11.3 Å². The molecule has 328 valence electrons. The van der Waals surface area contributed by atoms with E-state index in [4.69, 9.17) is 24.2 Å². The van der Waals surface area contributed by atoms with Gasteiger partial charge >= 0.3 is 5.97 Å². The van der Waals surface area contributed by atoms with Gasteiger partial charge in [0.25, 0.3) is 11.7 Å². The fraction of sp³-hybridized carbons (Fsp3) is 0.600. The van der Waals surface area contributed by atoms with Crippen LogP contribution in [0.3, 0.4) is 0 Å². The van der Waals surface area contributed by atoms with Gasteiger partial charge in [-0.25, -0.2) is 19.5 Å². The first-order valence-electron chi connectivity index (χ1n) is 21.8. The van der Waals surface area contributed by atoms with Crippen molar-refractivity contribution in [2.24, 2.45) is 23.2 Å². The fourth-order valence-corrected chi connectivity index (χ4v) is 10.2. The summed E-state index contributed by atoms with van der Waals surface area (Å²) in [7, 11) is 5.41. The fourth-order valence-electron chi connectivity index (χ4n) is 9.30. The minimum atomic E-state index is -1.08. The number of cyclic esters (lactones) is 1. The first-order valence-corrected chi connectivity index (χ1v) is 22.7. The molecule has 3 fully saturated rings. The van der Waals surface area contributed by atoms with Crippen molar-refractivity contribution >= 4 is 45.8 Å². The number of aryl methyl sites for hydroxylation is 1. The maximum absolute atomic E-state index is 14.5. The number of ether oxygens (including phenoxy) is 3. The predicted molar refractivity (Wildman–Crippen MR) is 233 cm³/mol. The van der Waals surface area contributed by atoms with Gasteiger partial charge in [-0.15, -0.1) is 11.3 Å². The lowest BCUT2D eigenvalue weighted by atomic mass is 9.94. The number of amides is 2. The standard InChI is InChI=1S/C45H61N9O6S/c1-10-52-34-14-13-29-20-35(34)53(42(52)31-21-30(22-46-37(31)28(4)58-8)51-18-16-50(7)17-19-51)24-45(5,6)25-60-44(57)32-12-11-15-54(49-32)43(56)38(48-40(55)36-26(2)27(36)3)39(59-9)41-47-33(29)23-61-41/h13-14,20-23,26-28,32,36,38-39,49H,10-12,15-19,24-25H2,1-9H3/p+1/t26-,27+,28-,32-,36?,38-,39-/m0/s1. The number of carbonyl (C=O) groups excluding carboxylic acids is 3. The Morgan fingerprint density at radius 3 is 2.56 bits per heavy atom. The smallest absolute Gasteiger partial charge is 0.324 e. The zero-order valence-corrected chi connectivity index (χ0v) is 37.9. The number of rotatable bonds is 8. The summed E-state index contributed by atoms with van der Waals surface area (Å²) in [4.78, 5) is 57.0. The zero-order valence-electron chi connectivity index (χ0n) is 37.1. The van der Waals surface area contributed by atoms with Crippen LogP contribution in [-0.2, 0) is 41.7 Å². The third-order valence-corrected chi connectivity index (χ3v) is 14.3. The first kappa shape index (κ1) is 43.2. The molecule has 2 amide bonds. The van der Waals surface area contributed by atoms with Crippen molar-refractivity contribution in [2.75, 3.05) is 65.5 Å². The summed E-state index contributed by atoms with van der Waals surface area (Å²) in [5, 5.41) is 7.06. The molecule has 0 spiro atoms. The molecule has 4 aromatic rings. The number of imidazole rings is 1. The van der Waals surface area contributed by atoms with E-state index in [1.165, 1.54) is 23.5 Å². The van der Waals surface area contributed by atoms with Crippen LogP contribution in [0.1, 0.15) is 77.3 Å². The molecule has 7 atom stereocenters. The van der Waals surface area contributed by atoms with E-state index in [0.29, 0.717) is 37.5 Å². The van der Waals surface area contributed by atoms with Crippen LogP contribution < -0.4 is 20.2 Å². The van der Waals surface area contributed by atoms with Gasteiger partial charge in [0, 0.05) is 69.2 Å². The number of hydrogen-bond acceptors (Lipinski definition) is 12. The highest BCUT2D eigenvalue weighted by Gasteiger charge is 2.50. The van der Waals surface area contributed by atoms with Gasteiger partial charge < -0.3 is 29.3 Å². The van der Waals surface area contributed by atoms with E-state index in [1.54, 1.807) is 7.11 Å². The van der Waals surface area contributed by atoms with Gasteiger partial charge in [0.15, 0.2) is 11.0 Å². The lowest BCUT2D eigenvalue weighted by molar-refractivity contribution is -0.657. The number of methoxy groups -OCH3 is 2. The molecule has 1 unspecified atom stereocenters. The van der Waals surface area contributed by atoms with Crippen molar-refractivity contribution in [1.82, 2.24) is 35.2 Å². The number of aromatic nitrogens is 4. The van der Waals surface area contributed by atoms with E-state index in [2.05, 4.69) is 81.8 Å². The number of pyridine rings is 1. The number of hydrazine groups is 1. The number of esters is 1. The van der Waals surface area contributed by atoms with Gasteiger partial charge in [-0.1, -0.05) is 27.7 Å². The summed E-state index contributed by atoms with van der Waals surface area (Å²) in [5.41, 5.74) is 9.19. The second-order valence-electron chi connectivity index (χ2n) is 18.2. The van der Waals surface area contributed by atoms with Crippen molar-refractivity contribution in [3.05, 3.63) is 46.5 Å². The van der Waals surface area contributed by atoms with Crippen molar-refractivity contribution in [3.8, 4) is 22.6 Å². The minimum absolute atomic E-state index is 0.140. The lowest BCUT2D eigenvalue weighted by Crippen LogP contribution is -2.61. The van der Waals surface area contributed by atoms with E-state index in [9.17, 15) is 14.4 Å². The Balaban J connectivity index is 1.28. The zero-order chi connectivity index (χ0) is 43.3. The maximum Gasteiger partial charge on any atom is 0.324 e. The molecule has 4 aliphatic rings. The quantitative estimate of drug-likeness (QED) is 0.187. The summed E-state index contributed by atoms with van der Waals surface area (Å²) in [6.07, 6.45) is 1.90. The molecular formula is C45H62N9O6S+. The normalized spacial score (nSPS) is 26.5. The van der Waals surface area contributed by atoms with Crippen LogP contribution in [0, 0.1) is 23.2 Å². The molecule has 8 rings (SSSR count). The summed E-state index contributed by atoms with van der Waals surface area (Å²) in [6, 6.07) is 6.85. The second kappa shape index (κ2) is 17.4. The molecule has 1 saturated carbocycles. The molecule has 2 saturated heterocycles. The van der Waals surface area contributed by atoms with E-state index < -0.39 is 29.6 Å². The Morgan fingerprint density at radius 2 is 1.87 bits per heavy atom. The number of benzene rings is 1. The average Bonchev–Trinajstić information content (AvgIpc) is 3.53. The van der Waals surface area contributed by atoms with Crippen LogP contribution in [-0.4, -0.2) is 115 Å². The number of anilines is 1. The molecule has 61 heavy (non-hydrogen) atoms. The number of nitrogens with one attached hydrogen (secondary N) is 2. The van der Waals surface area contributed by atoms with Crippen LogP contribution in [0.25, 0.3) is 33.7 Å². The van der Waals surface area contributed by atoms with Gasteiger partial charge in [-0.2, -0.15) is 0 Å². The van der Waals surface area contributed by atoms with Gasteiger partial charge in [-0.05, 0) is 69.8 Å². The molecule has 2 N–H and O–H groups in total. The summed E-state index contributed by atoms with van der Waals surface area (Å²) < 4.78 is 22.9. The van der Waals surface area contributed by atoms with E-state index in [1.807, 2.05) is 32.3 Å². The molecule has 6 bridgehead atoms. The Kier molecular flexibility index (Phi) is 12.3. The summed E-state index contributed by atoms with van der Waals surface area (Å²) >= 11 is 1.39. The number of fused-ring (bicyclic) bond motifs is 6. The van der Waals surface area contributed by atoms with Gasteiger partial charge in [0.2, 0.25) is 5.91 Å². The lowest BCUT2D eigenvalue weighted by Gasteiger charge is -2.36. The van der Waals surface area contributed by atoms with Crippen LogP contribution in [0.15, 0.2) is 35.8 Å². The summed E-state index contributed by atoms with van der Waals surface area (Å²) in [6.45, 7) is 18.0. The highest BCUT2D eigenvalue weighted by molar-refractivity contribution is 7.10. The number of hydrogen-bond donors (Lipinski definition) is 2. The molecule has 0 radical (unpaired) electrons. The molecule has 1 aliphatic carbocycles. The Labute approximate surface area is 362 Å². The van der Waals surface area contributed by atoms with E-state index in [0.717, 1.165) is 71.2 Å². The largest absolute Gasteiger partial charge is 0.464 e. The average molecular weight is 857 g/mol. The molecule has 3 aromatic heterocycles. The number of nitrogens with zero attached hydrogens (tertiary/aromatic N) is 7. The highest BCUT2D eigenvalue weighted by atomic mass is 32.1. The van der Waals surface area contributed by atoms with Gasteiger partial charge in [0.05, 0.1) is 48.0 Å². The van der Waals surface area contributed by atoms with Gasteiger partial charge in [0.1, 0.15) is 29.8 Å². The van der Waals surface area contributed by atoms with Crippen molar-refractivity contribution in [3.63, 3.8) is 0 Å². The van der Waals surface area contributed by atoms with Crippen molar-refractivity contribution in [2.45, 2.75) is 91.8 Å². The van der Waals surface area contributed by atoms with Crippen molar-refractivity contribution in [1.29, 1.82) is 0 Å². The number of likely N-dealkylation sites (N-methyl/N-ethyl adjacent to an activating group) is 1. The SMILES string of the molecule is CC[n+]1c(-c2cc(N3CCN(C)CC3)cnc2[C@H](C)OC)n2c3cc(ccc31)-c1csc(n1)[C@@H](OC)[C@H](NC(=O)C1[C@@H](C)[C@H]1C)C(=O)N1CCC[C@H](N1)C(=O)OCC(C)(C)C2. The highest BCUT2D eigenvalue weighted by Crippen LogP contribution is 2.46. The molecular weight excluding hydrogens is 795 g/mol. The molecule has 3 aliphatic heterocycles. The first-order chi connectivity index (χ1) is 29.2. The van der Waals surface area contributed by atoms with Crippen LogP contribution in [0.5, 0.6) is 0 Å². The van der Waals surface area contributed by atoms with E-state index >= 15 is 0 Å². The van der Waals surface area contributed by atoms with E-state index in [-0.39, 0.29) is 42.3 Å². The summed E-state index contributed by atoms with van der Waals surface area (Å²) in [5.74, 6) is 0.226.